The fourth-order valence-electron chi connectivity index (χ4n) is 3.25. The third kappa shape index (κ3) is 5.38. The fraction of sp³-hybridized carbons (Fsp3) is 0.706. The number of hydrogen-bond acceptors (Lipinski definition) is 4. The zero-order chi connectivity index (χ0) is 15.1. The summed E-state index contributed by atoms with van der Waals surface area (Å²) in [6, 6.07) is 5.41. The van der Waals surface area contributed by atoms with Crippen LogP contribution in [0.5, 0.6) is 0 Å². The first-order valence-electron chi connectivity index (χ1n) is 8.18. The van der Waals surface area contributed by atoms with Crippen LogP contribution in [0.3, 0.4) is 0 Å². The fourth-order valence-corrected chi connectivity index (χ4v) is 3.25. The molecule has 0 bridgehead atoms. The predicted octanol–water partition coefficient (Wildman–Crippen LogP) is 2.03. The summed E-state index contributed by atoms with van der Waals surface area (Å²) in [6.07, 6.45) is 8.41. The molecule has 0 aromatic carbocycles. The predicted molar refractivity (Wildman–Crippen MR) is 83.7 cm³/mol. The number of pyridine rings is 1. The van der Waals surface area contributed by atoms with Gasteiger partial charge in [-0.05, 0) is 37.3 Å². The first-order chi connectivity index (χ1) is 10.2. The van der Waals surface area contributed by atoms with Crippen LogP contribution in [-0.4, -0.2) is 33.4 Å². The molecule has 4 nitrogen and oxygen atoms in total. The van der Waals surface area contributed by atoms with E-state index in [0.29, 0.717) is 18.8 Å². The standard InChI is InChI=1S/C17H28N2O2/c18-15(12-13-6-2-1-3-7-13)17(21)16(20)10-9-14-8-4-5-11-19-14/h4-5,8,11,13,15-17,20-21H,1-3,6-7,9-10,12,18H2/t15-,16+,17-/m1/s1. The van der Waals surface area contributed by atoms with E-state index in [1.54, 1.807) is 6.20 Å². The summed E-state index contributed by atoms with van der Waals surface area (Å²) in [7, 11) is 0. The average Bonchev–Trinajstić information content (AvgIpc) is 2.53. The smallest absolute Gasteiger partial charge is 0.0949 e. The Morgan fingerprint density at radius 2 is 1.95 bits per heavy atom. The first kappa shape index (κ1) is 16.4. The summed E-state index contributed by atoms with van der Waals surface area (Å²) >= 11 is 0. The van der Waals surface area contributed by atoms with Crippen molar-refractivity contribution < 1.29 is 10.2 Å². The number of hydrogen-bond donors (Lipinski definition) is 3. The van der Waals surface area contributed by atoms with Crippen LogP contribution >= 0.6 is 0 Å². The average molecular weight is 292 g/mol. The molecule has 1 aliphatic carbocycles. The van der Waals surface area contributed by atoms with E-state index >= 15 is 0 Å². The minimum absolute atomic E-state index is 0.327. The quantitative estimate of drug-likeness (QED) is 0.718. The van der Waals surface area contributed by atoms with Crippen LogP contribution in [-0.2, 0) is 6.42 Å². The van der Waals surface area contributed by atoms with Gasteiger partial charge in [-0.3, -0.25) is 4.98 Å². The lowest BCUT2D eigenvalue weighted by molar-refractivity contribution is -0.00559. The SMILES string of the molecule is N[C@H](CC1CCCCC1)[C@@H](O)[C@@H](O)CCc1ccccn1. The van der Waals surface area contributed by atoms with E-state index < -0.39 is 12.2 Å². The van der Waals surface area contributed by atoms with Gasteiger partial charge in [0.2, 0.25) is 0 Å². The van der Waals surface area contributed by atoms with Crippen molar-refractivity contribution in [1.82, 2.24) is 4.98 Å². The van der Waals surface area contributed by atoms with Gasteiger partial charge >= 0.3 is 0 Å². The van der Waals surface area contributed by atoms with E-state index in [-0.39, 0.29) is 6.04 Å². The lowest BCUT2D eigenvalue weighted by Crippen LogP contribution is -2.44. The van der Waals surface area contributed by atoms with Gasteiger partial charge in [-0.25, -0.2) is 0 Å². The molecular formula is C17H28N2O2. The van der Waals surface area contributed by atoms with Gasteiger partial charge in [0, 0.05) is 17.9 Å². The van der Waals surface area contributed by atoms with Gasteiger partial charge in [-0.1, -0.05) is 38.2 Å². The monoisotopic (exact) mass is 292 g/mol. The lowest BCUT2D eigenvalue weighted by Gasteiger charge is -2.29. The molecule has 21 heavy (non-hydrogen) atoms. The molecule has 0 unspecified atom stereocenters. The van der Waals surface area contributed by atoms with Crippen molar-refractivity contribution in [2.45, 2.75) is 69.6 Å². The Labute approximate surface area is 127 Å². The highest BCUT2D eigenvalue weighted by Gasteiger charge is 2.26. The Bertz CT molecular complexity index is 393. The number of aliphatic hydroxyl groups excluding tert-OH is 2. The third-order valence-corrected chi connectivity index (χ3v) is 4.59. The Morgan fingerprint density at radius 3 is 2.62 bits per heavy atom. The van der Waals surface area contributed by atoms with Gasteiger partial charge in [0.05, 0.1) is 12.2 Å². The minimum Gasteiger partial charge on any atom is -0.390 e. The maximum atomic E-state index is 10.2. The maximum Gasteiger partial charge on any atom is 0.0949 e. The van der Waals surface area contributed by atoms with Gasteiger partial charge in [-0.15, -0.1) is 0 Å². The molecule has 118 valence electrons. The van der Waals surface area contributed by atoms with Gasteiger partial charge in [-0.2, -0.15) is 0 Å². The number of aromatic nitrogens is 1. The van der Waals surface area contributed by atoms with E-state index in [4.69, 9.17) is 5.73 Å². The first-order valence-corrected chi connectivity index (χ1v) is 8.18. The minimum atomic E-state index is -0.837. The Balaban J connectivity index is 1.73. The van der Waals surface area contributed by atoms with E-state index in [1.165, 1.54) is 32.1 Å². The van der Waals surface area contributed by atoms with Crippen LogP contribution < -0.4 is 5.73 Å². The highest BCUT2D eigenvalue weighted by Crippen LogP contribution is 2.28. The molecule has 0 aliphatic heterocycles. The molecule has 1 aromatic heterocycles. The normalized spacial score (nSPS) is 20.9. The summed E-state index contributed by atoms with van der Waals surface area (Å²) in [6.45, 7) is 0. The topological polar surface area (TPSA) is 79.4 Å². The van der Waals surface area contributed by atoms with Crippen molar-refractivity contribution in [3.63, 3.8) is 0 Å². The second-order valence-corrected chi connectivity index (χ2v) is 6.32. The molecule has 0 radical (unpaired) electrons. The second-order valence-electron chi connectivity index (χ2n) is 6.32. The largest absolute Gasteiger partial charge is 0.390 e. The Morgan fingerprint density at radius 1 is 1.19 bits per heavy atom. The van der Waals surface area contributed by atoms with Crippen molar-refractivity contribution in [2.75, 3.05) is 0 Å². The molecular weight excluding hydrogens is 264 g/mol. The van der Waals surface area contributed by atoms with Crippen molar-refractivity contribution >= 4 is 0 Å². The summed E-state index contributed by atoms with van der Waals surface area (Å²) in [5.41, 5.74) is 7.03. The molecule has 0 saturated heterocycles. The van der Waals surface area contributed by atoms with Crippen LogP contribution in [0.15, 0.2) is 24.4 Å². The van der Waals surface area contributed by atoms with Crippen LogP contribution in [0.2, 0.25) is 0 Å². The zero-order valence-corrected chi connectivity index (χ0v) is 12.7. The molecule has 0 amide bonds. The molecule has 1 fully saturated rings. The number of rotatable bonds is 7. The summed E-state index contributed by atoms with van der Waals surface area (Å²) in [4.78, 5) is 4.22. The summed E-state index contributed by atoms with van der Waals surface area (Å²) in [5.74, 6) is 0.617. The van der Waals surface area contributed by atoms with Crippen molar-refractivity contribution in [2.24, 2.45) is 11.7 Å². The Hall–Kier alpha value is -0.970. The maximum absolute atomic E-state index is 10.2. The van der Waals surface area contributed by atoms with Crippen molar-refractivity contribution in [3.05, 3.63) is 30.1 Å². The number of aryl methyl sites for hydroxylation is 1. The zero-order valence-electron chi connectivity index (χ0n) is 12.7. The molecule has 4 N–H and O–H groups in total. The van der Waals surface area contributed by atoms with Crippen LogP contribution in [0, 0.1) is 5.92 Å². The van der Waals surface area contributed by atoms with Crippen molar-refractivity contribution in [1.29, 1.82) is 0 Å². The molecule has 2 rings (SSSR count). The van der Waals surface area contributed by atoms with Crippen LogP contribution in [0.25, 0.3) is 0 Å². The lowest BCUT2D eigenvalue weighted by atomic mass is 9.83. The molecule has 1 aromatic rings. The molecule has 1 heterocycles. The molecule has 3 atom stereocenters. The molecule has 1 saturated carbocycles. The summed E-state index contributed by atoms with van der Waals surface area (Å²) < 4.78 is 0. The Kier molecular flexibility index (Phi) is 6.61. The van der Waals surface area contributed by atoms with Crippen molar-refractivity contribution in [3.8, 4) is 0 Å². The van der Waals surface area contributed by atoms with E-state index in [1.807, 2.05) is 18.2 Å². The molecule has 0 spiro atoms. The van der Waals surface area contributed by atoms with E-state index in [9.17, 15) is 10.2 Å². The van der Waals surface area contributed by atoms with E-state index in [2.05, 4.69) is 4.98 Å². The van der Waals surface area contributed by atoms with Gasteiger partial charge < -0.3 is 15.9 Å². The van der Waals surface area contributed by atoms with Gasteiger partial charge in [0.1, 0.15) is 0 Å². The number of nitrogens with zero attached hydrogens (tertiary/aromatic N) is 1. The number of aliphatic hydroxyl groups is 2. The molecule has 4 heteroatoms. The number of nitrogens with two attached hydrogens (primary N) is 1. The summed E-state index contributed by atoms with van der Waals surface area (Å²) in [5, 5.41) is 20.3. The second kappa shape index (κ2) is 8.47. The van der Waals surface area contributed by atoms with Gasteiger partial charge in [0.25, 0.3) is 0 Å². The van der Waals surface area contributed by atoms with E-state index in [0.717, 1.165) is 12.1 Å². The van der Waals surface area contributed by atoms with Crippen LogP contribution in [0.4, 0.5) is 0 Å². The van der Waals surface area contributed by atoms with Gasteiger partial charge in [0.15, 0.2) is 0 Å². The highest BCUT2D eigenvalue weighted by atomic mass is 16.3. The third-order valence-electron chi connectivity index (χ3n) is 4.59. The molecule has 1 aliphatic rings. The highest BCUT2D eigenvalue weighted by molar-refractivity contribution is 5.03. The van der Waals surface area contributed by atoms with Crippen LogP contribution in [0.1, 0.15) is 50.6 Å².